The van der Waals surface area contributed by atoms with E-state index in [0.717, 1.165) is 31.3 Å². The normalized spacial score (nSPS) is 33.4. The van der Waals surface area contributed by atoms with Gasteiger partial charge in [0.2, 0.25) is 0 Å². The summed E-state index contributed by atoms with van der Waals surface area (Å²) < 4.78 is 0. The van der Waals surface area contributed by atoms with Gasteiger partial charge < -0.3 is 10.4 Å². The Morgan fingerprint density at radius 3 is 2.39 bits per heavy atom. The van der Waals surface area contributed by atoms with Crippen molar-refractivity contribution in [1.82, 2.24) is 10.2 Å². The summed E-state index contributed by atoms with van der Waals surface area (Å²) in [6.07, 6.45) is 15.0. The predicted octanol–water partition coefficient (Wildman–Crippen LogP) is 3.02. The summed E-state index contributed by atoms with van der Waals surface area (Å²) in [5.41, 5.74) is 0.709. The van der Waals surface area contributed by atoms with Crippen molar-refractivity contribution in [3.05, 3.63) is 0 Å². The fourth-order valence-electron chi connectivity index (χ4n) is 5.32. The van der Waals surface area contributed by atoms with Crippen molar-refractivity contribution in [3.63, 3.8) is 0 Å². The molecule has 130 valence electrons. The standard InChI is InChI=1S/C19H32N2O2/c22-18(23)13-21(12-14-4-5-14)17-8-15(9-17)20-16-10-19(11-16)6-2-1-3-7-19/h14-17,20H,1-13H2,(H,22,23). The third-order valence-corrected chi connectivity index (χ3v) is 6.90. The van der Waals surface area contributed by atoms with E-state index in [9.17, 15) is 4.79 Å². The van der Waals surface area contributed by atoms with Gasteiger partial charge >= 0.3 is 5.97 Å². The van der Waals surface area contributed by atoms with Crippen LogP contribution in [0.4, 0.5) is 0 Å². The summed E-state index contributed by atoms with van der Waals surface area (Å²) in [5.74, 6) is 0.111. The summed E-state index contributed by atoms with van der Waals surface area (Å²) >= 11 is 0. The third kappa shape index (κ3) is 3.74. The highest BCUT2D eigenvalue weighted by molar-refractivity contribution is 5.69. The Balaban J connectivity index is 1.18. The second-order valence-corrected chi connectivity index (χ2v) is 8.92. The number of carboxylic acids is 1. The molecule has 4 saturated carbocycles. The fraction of sp³-hybridized carbons (Fsp3) is 0.947. The number of nitrogens with one attached hydrogen (secondary N) is 1. The number of hydrogen-bond donors (Lipinski definition) is 2. The van der Waals surface area contributed by atoms with Crippen LogP contribution in [0.1, 0.15) is 70.6 Å². The highest BCUT2D eigenvalue weighted by Crippen LogP contribution is 2.52. The quantitative estimate of drug-likeness (QED) is 0.757. The van der Waals surface area contributed by atoms with Gasteiger partial charge in [-0.05, 0) is 62.7 Å². The molecule has 4 aliphatic rings. The Bertz CT molecular complexity index is 429. The van der Waals surface area contributed by atoms with Crippen molar-refractivity contribution in [2.75, 3.05) is 13.1 Å². The molecule has 0 aromatic rings. The minimum absolute atomic E-state index is 0.237. The van der Waals surface area contributed by atoms with E-state index in [-0.39, 0.29) is 6.54 Å². The van der Waals surface area contributed by atoms with Crippen LogP contribution in [-0.2, 0) is 4.79 Å². The molecule has 0 atom stereocenters. The van der Waals surface area contributed by atoms with Gasteiger partial charge in [0.1, 0.15) is 0 Å². The molecule has 0 aromatic heterocycles. The molecule has 1 spiro atoms. The van der Waals surface area contributed by atoms with Gasteiger partial charge in [-0.2, -0.15) is 0 Å². The molecular formula is C19H32N2O2. The lowest BCUT2D eigenvalue weighted by atomic mass is 9.58. The average Bonchev–Trinajstić information content (AvgIpc) is 3.24. The van der Waals surface area contributed by atoms with Crippen LogP contribution in [0, 0.1) is 11.3 Å². The molecule has 23 heavy (non-hydrogen) atoms. The molecule has 4 rings (SSSR count). The molecule has 2 N–H and O–H groups in total. The zero-order valence-electron chi connectivity index (χ0n) is 14.3. The van der Waals surface area contributed by atoms with Gasteiger partial charge in [-0.25, -0.2) is 0 Å². The molecule has 0 amide bonds. The summed E-state index contributed by atoms with van der Waals surface area (Å²) in [4.78, 5) is 13.3. The van der Waals surface area contributed by atoms with Crippen LogP contribution in [0.2, 0.25) is 0 Å². The zero-order chi connectivity index (χ0) is 15.9. The van der Waals surface area contributed by atoms with Crippen LogP contribution >= 0.6 is 0 Å². The SMILES string of the molecule is O=C(O)CN(CC1CC1)C1CC(NC2CC3(CCCCC3)C2)C1. The van der Waals surface area contributed by atoms with Crippen molar-refractivity contribution in [2.24, 2.45) is 11.3 Å². The fourth-order valence-corrected chi connectivity index (χ4v) is 5.32. The number of aliphatic carboxylic acids is 1. The topological polar surface area (TPSA) is 52.6 Å². The molecule has 4 heteroatoms. The number of carbonyl (C=O) groups is 1. The summed E-state index contributed by atoms with van der Waals surface area (Å²) in [6.45, 7) is 1.25. The highest BCUT2D eigenvalue weighted by atomic mass is 16.4. The summed E-state index contributed by atoms with van der Waals surface area (Å²) in [5, 5.41) is 13.0. The minimum Gasteiger partial charge on any atom is -0.480 e. The van der Waals surface area contributed by atoms with Crippen molar-refractivity contribution in [2.45, 2.75) is 88.8 Å². The smallest absolute Gasteiger partial charge is 0.317 e. The molecule has 0 saturated heterocycles. The van der Waals surface area contributed by atoms with Gasteiger partial charge in [0.25, 0.3) is 0 Å². The lowest BCUT2D eigenvalue weighted by Crippen LogP contribution is -2.59. The predicted molar refractivity (Wildman–Crippen MR) is 90.4 cm³/mol. The first-order valence-electron chi connectivity index (χ1n) is 9.84. The molecule has 0 aliphatic heterocycles. The Hall–Kier alpha value is -0.610. The summed E-state index contributed by atoms with van der Waals surface area (Å²) in [6, 6.07) is 1.89. The number of hydrogen-bond acceptors (Lipinski definition) is 3. The largest absolute Gasteiger partial charge is 0.480 e. The van der Waals surface area contributed by atoms with Crippen LogP contribution in [0.15, 0.2) is 0 Å². The van der Waals surface area contributed by atoms with E-state index < -0.39 is 5.97 Å². The monoisotopic (exact) mass is 320 g/mol. The number of rotatable bonds is 7. The van der Waals surface area contributed by atoms with Gasteiger partial charge in [0.15, 0.2) is 0 Å². The van der Waals surface area contributed by atoms with Gasteiger partial charge in [-0.1, -0.05) is 19.3 Å². The van der Waals surface area contributed by atoms with Crippen molar-refractivity contribution >= 4 is 5.97 Å². The van der Waals surface area contributed by atoms with E-state index in [1.165, 1.54) is 57.8 Å². The second kappa shape index (κ2) is 6.36. The molecular weight excluding hydrogens is 288 g/mol. The van der Waals surface area contributed by atoms with Crippen LogP contribution in [0.25, 0.3) is 0 Å². The van der Waals surface area contributed by atoms with E-state index in [4.69, 9.17) is 5.11 Å². The van der Waals surface area contributed by atoms with Crippen molar-refractivity contribution < 1.29 is 9.90 Å². The van der Waals surface area contributed by atoms with E-state index in [1.807, 2.05) is 0 Å². The third-order valence-electron chi connectivity index (χ3n) is 6.90. The second-order valence-electron chi connectivity index (χ2n) is 8.92. The minimum atomic E-state index is -0.666. The number of nitrogens with zero attached hydrogens (tertiary/aromatic N) is 1. The lowest BCUT2D eigenvalue weighted by molar-refractivity contribution is -0.139. The van der Waals surface area contributed by atoms with E-state index in [2.05, 4.69) is 10.2 Å². The van der Waals surface area contributed by atoms with Gasteiger partial charge in [-0.15, -0.1) is 0 Å². The molecule has 0 aromatic carbocycles. The van der Waals surface area contributed by atoms with Gasteiger partial charge in [0, 0.05) is 24.7 Å². The van der Waals surface area contributed by atoms with Crippen LogP contribution in [-0.4, -0.2) is 47.2 Å². The van der Waals surface area contributed by atoms with Crippen LogP contribution in [0.3, 0.4) is 0 Å². The van der Waals surface area contributed by atoms with E-state index >= 15 is 0 Å². The van der Waals surface area contributed by atoms with Crippen molar-refractivity contribution in [3.8, 4) is 0 Å². The first-order valence-corrected chi connectivity index (χ1v) is 9.84. The molecule has 0 radical (unpaired) electrons. The first kappa shape index (κ1) is 15.9. The van der Waals surface area contributed by atoms with E-state index in [0.29, 0.717) is 17.5 Å². The van der Waals surface area contributed by atoms with Crippen LogP contribution in [0.5, 0.6) is 0 Å². The summed E-state index contributed by atoms with van der Waals surface area (Å²) in [7, 11) is 0. The van der Waals surface area contributed by atoms with Crippen molar-refractivity contribution in [1.29, 1.82) is 0 Å². The Kier molecular flexibility index (Phi) is 4.39. The first-order chi connectivity index (χ1) is 11.1. The number of carboxylic acid groups (broad SMARTS) is 1. The Labute approximate surface area is 140 Å². The Morgan fingerprint density at radius 1 is 1.09 bits per heavy atom. The van der Waals surface area contributed by atoms with Gasteiger partial charge in [0.05, 0.1) is 6.54 Å². The maximum absolute atomic E-state index is 11.1. The lowest BCUT2D eigenvalue weighted by Gasteiger charge is -2.53. The highest BCUT2D eigenvalue weighted by Gasteiger charge is 2.46. The molecule has 4 fully saturated rings. The van der Waals surface area contributed by atoms with Crippen LogP contribution < -0.4 is 5.32 Å². The average molecular weight is 320 g/mol. The van der Waals surface area contributed by atoms with Gasteiger partial charge in [-0.3, -0.25) is 9.69 Å². The molecule has 4 nitrogen and oxygen atoms in total. The molecule has 0 heterocycles. The molecule has 4 aliphatic carbocycles. The maximum atomic E-state index is 11.1. The molecule has 0 unspecified atom stereocenters. The van der Waals surface area contributed by atoms with E-state index in [1.54, 1.807) is 0 Å². The zero-order valence-corrected chi connectivity index (χ0v) is 14.3. The molecule has 0 bridgehead atoms. The maximum Gasteiger partial charge on any atom is 0.317 e. The Morgan fingerprint density at radius 2 is 1.78 bits per heavy atom.